The summed E-state index contributed by atoms with van der Waals surface area (Å²) in [7, 11) is 0. The highest BCUT2D eigenvalue weighted by atomic mass is 127. The van der Waals surface area contributed by atoms with Crippen molar-refractivity contribution in [3.63, 3.8) is 0 Å². The van der Waals surface area contributed by atoms with Gasteiger partial charge in [-0.15, -0.1) is 24.0 Å². The molecule has 0 aliphatic carbocycles. The Bertz CT molecular complexity index is 425. The van der Waals surface area contributed by atoms with E-state index in [0.717, 1.165) is 32.0 Å². The van der Waals surface area contributed by atoms with Crippen molar-refractivity contribution in [2.75, 3.05) is 32.8 Å². The standard InChI is InChI=1S/C16H25N3O.HI/c1-2-17-16(18-9-11-20)19-10-8-15(13-19)12-14-6-4-3-5-7-14;/h3-7,15,20H,2,8-13H2,1H3,(H,17,18);1H. The third-order valence-corrected chi connectivity index (χ3v) is 3.65. The van der Waals surface area contributed by atoms with Gasteiger partial charge < -0.3 is 15.3 Å². The normalized spacial score (nSPS) is 18.5. The summed E-state index contributed by atoms with van der Waals surface area (Å²) in [5.74, 6) is 1.63. The average molecular weight is 403 g/mol. The van der Waals surface area contributed by atoms with Gasteiger partial charge in [0.2, 0.25) is 0 Å². The number of hydrogen-bond donors (Lipinski definition) is 2. The molecule has 2 rings (SSSR count). The summed E-state index contributed by atoms with van der Waals surface area (Å²) >= 11 is 0. The Morgan fingerprint density at radius 2 is 2.14 bits per heavy atom. The van der Waals surface area contributed by atoms with E-state index in [-0.39, 0.29) is 30.6 Å². The van der Waals surface area contributed by atoms with Crippen molar-refractivity contribution in [2.45, 2.75) is 19.8 Å². The van der Waals surface area contributed by atoms with Crippen LogP contribution in [0, 0.1) is 5.92 Å². The number of aliphatic imine (C=N–C) groups is 1. The minimum Gasteiger partial charge on any atom is -0.394 e. The molecule has 21 heavy (non-hydrogen) atoms. The van der Waals surface area contributed by atoms with Gasteiger partial charge >= 0.3 is 0 Å². The number of hydrogen-bond acceptors (Lipinski definition) is 2. The Kier molecular flexibility index (Phi) is 8.68. The first-order valence-corrected chi connectivity index (χ1v) is 7.51. The summed E-state index contributed by atoms with van der Waals surface area (Å²) in [5, 5.41) is 12.2. The Morgan fingerprint density at radius 1 is 1.38 bits per heavy atom. The number of guanidine groups is 1. The first-order chi connectivity index (χ1) is 9.83. The number of halogens is 1. The van der Waals surface area contributed by atoms with Crippen molar-refractivity contribution in [1.82, 2.24) is 10.2 Å². The van der Waals surface area contributed by atoms with Crippen LogP contribution in [0.1, 0.15) is 18.9 Å². The van der Waals surface area contributed by atoms with Crippen molar-refractivity contribution < 1.29 is 5.11 Å². The summed E-state index contributed by atoms with van der Waals surface area (Å²) in [6, 6.07) is 10.7. The molecule has 1 saturated heterocycles. The highest BCUT2D eigenvalue weighted by Gasteiger charge is 2.24. The molecule has 1 atom stereocenters. The van der Waals surface area contributed by atoms with Crippen molar-refractivity contribution in [3.8, 4) is 0 Å². The van der Waals surface area contributed by atoms with Gasteiger partial charge in [-0.2, -0.15) is 0 Å². The van der Waals surface area contributed by atoms with Crippen LogP contribution in [-0.4, -0.2) is 48.8 Å². The number of benzene rings is 1. The predicted molar refractivity (Wildman–Crippen MR) is 98.3 cm³/mol. The highest BCUT2D eigenvalue weighted by molar-refractivity contribution is 14.0. The van der Waals surface area contributed by atoms with Crippen LogP contribution in [0.5, 0.6) is 0 Å². The highest BCUT2D eigenvalue weighted by Crippen LogP contribution is 2.20. The lowest BCUT2D eigenvalue weighted by atomic mass is 9.99. The molecular weight excluding hydrogens is 377 g/mol. The van der Waals surface area contributed by atoms with Crippen LogP contribution in [0.2, 0.25) is 0 Å². The van der Waals surface area contributed by atoms with Gasteiger partial charge in [-0.25, -0.2) is 0 Å². The van der Waals surface area contributed by atoms with Crippen LogP contribution in [-0.2, 0) is 6.42 Å². The average Bonchev–Trinajstić information content (AvgIpc) is 2.93. The van der Waals surface area contributed by atoms with E-state index in [4.69, 9.17) is 5.11 Å². The Morgan fingerprint density at radius 3 is 2.81 bits per heavy atom. The second kappa shape index (κ2) is 10.00. The van der Waals surface area contributed by atoms with Crippen LogP contribution < -0.4 is 5.32 Å². The van der Waals surface area contributed by atoms with E-state index in [1.807, 2.05) is 0 Å². The third kappa shape index (κ3) is 5.82. The van der Waals surface area contributed by atoms with E-state index in [2.05, 4.69) is 52.5 Å². The van der Waals surface area contributed by atoms with Crippen molar-refractivity contribution >= 4 is 29.9 Å². The lowest BCUT2D eigenvalue weighted by Gasteiger charge is -2.21. The van der Waals surface area contributed by atoms with Crippen LogP contribution in [0.3, 0.4) is 0 Å². The van der Waals surface area contributed by atoms with Crippen molar-refractivity contribution in [2.24, 2.45) is 10.9 Å². The predicted octanol–water partition coefficient (Wildman–Crippen LogP) is 2.13. The molecule has 1 heterocycles. The molecule has 0 bridgehead atoms. The summed E-state index contributed by atoms with van der Waals surface area (Å²) in [6.45, 7) is 5.62. The van der Waals surface area contributed by atoms with Gasteiger partial charge in [-0.05, 0) is 31.2 Å². The van der Waals surface area contributed by atoms with E-state index in [1.165, 1.54) is 12.0 Å². The third-order valence-electron chi connectivity index (χ3n) is 3.65. The van der Waals surface area contributed by atoms with Gasteiger partial charge in [0.25, 0.3) is 0 Å². The lowest BCUT2D eigenvalue weighted by Crippen LogP contribution is -2.40. The zero-order valence-corrected chi connectivity index (χ0v) is 15.0. The summed E-state index contributed by atoms with van der Waals surface area (Å²) in [4.78, 5) is 6.75. The smallest absolute Gasteiger partial charge is 0.194 e. The SMILES string of the molecule is CCNC(=NCCO)N1CCC(Cc2ccccc2)C1.I. The quantitative estimate of drug-likeness (QED) is 0.450. The summed E-state index contributed by atoms with van der Waals surface area (Å²) in [6.07, 6.45) is 2.34. The van der Waals surface area contributed by atoms with Gasteiger partial charge in [-0.3, -0.25) is 4.99 Å². The van der Waals surface area contributed by atoms with E-state index in [1.54, 1.807) is 0 Å². The zero-order chi connectivity index (χ0) is 14.2. The number of aliphatic hydroxyl groups is 1. The molecule has 0 aromatic heterocycles. The molecule has 5 heteroatoms. The van der Waals surface area contributed by atoms with Gasteiger partial charge in [0, 0.05) is 19.6 Å². The Balaban J connectivity index is 0.00000220. The lowest BCUT2D eigenvalue weighted by molar-refractivity contribution is 0.305. The fraction of sp³-hybridized carbons (Fsp3) is 0.562. The number of likely N-dealkylation sites (tertiary alicyclic amines) is 1. The molecule has 0 radical (unpaired) electrons. The van der Waals surface area contributed by atoms with E-state index in [0.29, 0.717) is 12.5 Å². The zero-order valence-electron chi connectivity index (χ0n) is 12.7. The number of aliphatic hydroxyl groups excluding tert-OH is 1. The van der Waals surface area contributed by atoms with Gasteiger partial charge in [0.15, 0.2) is 5.96 Å². The first-order valence-electron chi connectivity index (χ1n) is 7.51. The van der Waals surface area contributed by atoms with E-state index >= 15 is 0 Å². The molecular formula is C16H26IN3O. The molecule has 4 nitrogen and oxygen atoms in total. The molecule has 1 aliphatic rings. The van der Waals surface area contributed by atoms with Crippen LogP contribution in [0.4, 0.5) is 0 Å². The molecule has 1 unspecified atom stereocenters. The monoisotopic (exact) mass is 403 g/mol. The maximum atomic E-state index is 8.92. The Labute approximate surface area is 144 Å². The minimum absolute atomic E-state index is 0. The summed E-state index contributed by atoms with van der Waals surface area (Å²) < 4.78 is 0. The van der Waals surface area contributed by atoms with Crippen LogP contribution in [0.25, 0.3) is 0 Å². The molecule has 118 valence electrons. The second-order valence-corrected chi connectivity index (χ2v) is 5.25. The molecule has 1 aromatic carbocycles. The number of rotatable bonds is 5. The topological polar surface area (TPSA) is 47.9 Å². The molecule has 1 fully saturated rings. The van der Waals surface area contributed by atoms with Crippen molar-refractivity contribution in [3.05, 3.63) is 35.9 Å². The van der Waals surface area contributed by atoms with Gasteiger partial charge in [-0.1, -0.05) is 30.3 Å². The van der Waals surface area contributed by atoms with E-state index in [9.17, 15) is 0 Å². The molecule has 0 spiro atoms. The maximum Gasteiger partial charge on any atom is 0.194 e. The van der Waals surface area contributed by atoms with Gasteiger partial charge in [0.1, 0.15) is 0 Å². The summed E-state index contributed by atoms with van der Waals surface area (Å²) in [5.41, 5.74) is 1.41. The fourth-order valence-electron chi connectivity index (χ4n) is 2.72. The number of nitrogens with zero attached hydrogens (tertiary/aromatic N) is 2. The maximum absolute atomic E-state index is 8.92. The molecule has 2 N–H and O–H groups in total. The first kappa shape index (κ1) is 18.2. The fourth-order valence-corrected chi connectivity index (χ4v) is 2.72. The molecule has 0 amide bonds. The van der Waals surface area contributed by atoms with Crippen molar-refractivity contribution in [1.29, 1.82) is 0 Å². The van der Waals surface area contributed by atoms with E-state index < -0.39 is 0 Å². The Hall–Kier alpha value is -0.820. The molecule has 0 saturated carbocycles. The van der Waals surface area contributed by atoms with Crippen LogP contribution >= 0.6 is 24.0 Å². The van der Waals surface area contributed by atoms with Crippen LogP contribution in [0.15, 0.2) is 35.3 Å². The second-order valence-electron chi connectivity index (χ2n) is 5.25. The largest absolute Gasteiger partial charge is 0.394 e. The molecule has 1 aromatic rings. The minimum atomic E-state index is 0. The molecule has 1 aliphatic heterocycles. The van der Waals surface area contributed by atoms with Gasteiger partial charge in [0.05, 0.1) is 13.2 Å². The number of nitrogens with one attached hydrogen (secondary N) is 1.